The molecule has 0 radical (unpaired) electrons. The van der Waals surface area contributed by atoms with Crippen LogP contribution < -0.4 is 9.92 Å². The van der Waals surface area contributed by atoms with E-state index in [0.717, 1.165) is 16.5 Å². The fraction of sp³-hybridized carbons (Fsp3) is 0.500. The summed E-state index contributed by atoms with van der Waals surface area (Å²) < 4.78 is 12.6. The second-order valence-electron chi connectivity index (χ2n) is 13.6. The first kappa shape index (κ1) is 28.5. The minimum absolute atomic E-state index is 0.0466. The van der Waals surface area contributed by atoms with Gasteiger partial charge in [-0.05, 0) is 28.4 Å². The minimum atomic E-state index is -2.28. The number of carbonyl (C=O) groups excluding carboxylic acids is 2. The molecule has 0 unspecified atom stereocenters. The highest BCUT2D eigenvalue weighted by atomic mass is 28.4. The van der Waals surface area contributed by atoms with E-state index in [1.165, 1.54) is 0 Å². The molecule has 0 spiro atoms. The molecule has 0 saturated heterocycles. The van der Waals surface area contributed by atoms with Gasteiger partial charge in [-0.25, -0.2) is 0 Å². The second kappa shape index (κ2) is 9.62. The van der Waals surface area contributed by atoms with Crippen LogP contribution in [0.15, 0.2) is 24.3 Å². The monoisotopic (exact) mass is 546 g/mol. The van der Waals surface area contributed by atoms with Gasteiger partial charge in [-0.2, -0.15) is 0 Å². The van der Waals surface area contributed by atoms with Crippen LogP contribution in [0.2, 0.25) is 36.3 Å². The summed E-state index contributed by atoms with van der Waals surface area (Å²) >= 11 is 0. The summed E-state index contributed by atoms with van der Waals surface area (Å²) in [5.74, 6) is 7.25. The van der Waals surface area contributed by atoms with Crippen molar-refractivity contribution in [2.24, 2.45) is 0 Å². The number of benzene rings is 2. The summed E-state index contributed by atoms with van der Waals surface area (Å²) in [5, 5.41) is 1.07. The zero-order chi connectivity index (χ0) is 28.3. The molecule has 1 aliphatic carbocycles. The van der Waals surface area contributed by atoms with Gasteiger partial charge in [-0.3, -0.25) is 9.59 Å². The van der Waals surface area contributed by atoms with E-state index in [1.807, 2.05) is 12.1 Å². The molecule has 4 rings (SSSR count). The zero-order valence-corrected chi connectivity index (χ0v) is 26.8. The van der Waals surface area contributed by atoms with Gasteiger partial charge in [0.2, 0.25) is 0 Å². The molecular formula is C32H42O4Si2. The third kappa shape index (κ3) is 4.63. The van der Waals surface area contributed by atoms with Crippen molar-refractivity contribution in [3.8, 4) is 17.6 Å². The van der Waals surface area contributed by atoms with Crippen LogP contribution in [0.25, 0.3) is 0 Å². The highest BCUT2D eigenvalue weighted by Crippen LogP contribution is 2.44. The molecule has 0 amide bonds. The van der Waals surface area contributed by atoms with Crippen LogP contribution in [0.3, 0.4) is 0 Å². The van der Waals surface area contributed by atoms with Gasteiger partial charge in [0, 0.05) is 52.8 Å². The molecule has 2 aromatic carbocycles. The standard InChI is InChI=1S/C32H42O4Si2/c1-31(2,3)37(7,8)30-26-25(27(33)22-16-11-12-17-23(22)28(26)34)21(24-18-20-35-29(24)30)15-13-14-19-36-38(9,10)32(4,5)6/h11-12,16-17H,14,18-20H2,1-10H3. The number of ether oxygens (including phenoxy) is 1. The van der Waals surface area contributed by atoms with Crippen molar-refractivity contribution in [2.75, 3.05) is 13.2 Å². The van der Waals surface area contributed by atoms with Crippen molar-refractivity contribution in [3.63, 3.8) is 0 Å². The predicted molar refractivity (Wildman–Crippen MR) is 160 cm³/mol. The number of hydrogen-bond donors (Lipinski definition) is 0. The number of fused-ring (bicyclic) bond motifs is 3. The molecule has 38 heavy (non-hydrogen) atoms. The average Bonchev–Trinajstić information content (AvgIpc) is 3.29. The van der Waals surface area contributed by atoms with Crippen molar-refractivity contribution in [3.05, 3.63) is 57.6 Å². The number of rotatable bonds is 4. The quantitative estimate of drug-likeness (QED) is 0.203. The van der Waals surface area contributed by atoms with Crippen molar-refractivity contribution < 1.29 is 18.8 Å². The topological polar surface area (TPSA) is 52.6 Å². The van der Waals surface area contributed by atoms with Gasteiger partial charge >= 0.3 is 0 Å². The Kier molecular flexibility index (Phi) is 7.23. The molecule has 2 aliphatic rings. The maximum Gasteiger partial charge on any atom is 0.195 e. The van der Waals surface area contributed by atoms with E-state index in [-0.39, 0.29) is 21.6 Å². The van der Waals surface area contributed by atoms with E-state index >= 15 is 0 Å². The molecular weight excluding hydrogens is 505 g/mol. The third-order valence-corrected chi connectivity index (χ3v) is 19.2. The molecule has 1 aliphatic heterocycles. The van der Waals surface area contributed by atoms with Crippen LogP contribution in [-0.2, 0) is 10.8 Å². The first-order chi connectivity index (χ1) is 17.5. The second-order valence-corrected chi connectivity index (χ2v) is 23.7. The lowest BCUT2D eigenvalue weighted by atomic mass is 9.80. The fourth-order valence-electron chi connectivity index (χ4n) is 4.87. The van der Waals surface area contributed by atoms with Crippen molar-refractivity contribution in [1.29, 1.82) is 0 Å². The summed E-state index contributed by atoms with van der Waals surface area (Å²) in [7, 11) is -4.14. The van der Waals surface area contributed by atoms with Gasteiger partial charge in [-0.15, -0.1) is 0 Å². The number of carbonyl (C=O) groups is 2. The van der Waals surface area contributed by atoms with E-state index in [2.05, 4.69) is 79.6 Å². The molecule has 4 nitrogen and oxygen atoms in total. The van der Waals surface area contributed by atoms with Gasteiger partial charge in [0.05, 0.1) is 14.7 Å². The van der Waals surface area contributed by atoms with Gasteiger partial charge in [0.1, 0.15) is 5.75 Å². The van der Waals surface area contributed by atoms with E-state index in [1.54, 1.807) is 12.1 Å². The summed E-state index contributed by atoms with van der Waals surface area (Å²) in [6, 6.07) is 7.18. The Morgan fingerprint density at radius 1 is 0.895 bits per heavy atom. The maximum atomic E-state index is 14.1. The van der Waals surface area contributed by atoms with Gasteiger partial charge in [0.25, 0.3) is 0 Å². The van der Waals surface area contributed by atoms with Crippen molar-refractivity contribution >= 4 is 33.1 Å². The van der Waals surface area contributed by atoms with Gasteiger partial charge in [0.15, 0.2) is 19.9 Å². The Morgan fingerprint density at radius 2 is 1.47 bits per heavy atom. The first-order valence-electron chi connectivity index (χ1n) is 13.7. The first-order valence-corrected chi connectivity index (χ1v) is 19.6. The lowest BCUT2D eigenvalue weighted by Crippen LogP contribution is -2.53. The molecule has 6 heteroatoms. The SMILES string of the molecule is CC(C)(C)[Si](C)(C)OCCC#Cc1c2c(c([Si](C)(C)C(C)(C)C)c3c1C(=O)c1ccccc1C3=O)OCC2. The highest BCUT2D eigenvalue weighted by Gasteiger charge is 2.47. The Hall–Kier alpha value is -2.47. The van der Waals surface area contributed by atoms with Crippen LogP contribution in [-0.4, -0.2) is 41.2 Å². The van der Waals surface area contributed by atoms with E-state index in [9.17, 15) is 9.59 Å². The Balaban J connectivity index is 1.89. The van der Waals surface area contributed by atoms with Crippen molar-refractivity contribution in [2.45, 2.75) is 90.6 Å². The molecule has 0 saturated carbocycles. The highest BCUT2D eigenvalue weighted by molar-refractivity contribution is 6.93. The predicted octanol–water partition coefficient (Wildman–Crippen LogP) is 6.88. The minimum Gasteiger partial charge on any atom is -0.493 e. The Labute approximate surface area is 230 Å². The summed E-state index contributed by atoms with van der Waals surface area (Å²) in [5.41, 5.74) is 3.62. The van der Waals surface area contributed by atoms with Gasteiger partial charge < -0.3 is 9.16 Å². The van der Waals surface area contributed by atoms with Crippen LogP contribution in [0.4, 0.5) is 0 Å². The third-order valence-electron chi connectivity index (χ3n) is 9.23. The molecule has 202 valence electrons. The summed E-state index contributed by atoms with van der Waals surface area (Å²) in [6.07, 6.45) is 1.26. The van der Waals surface area contributed by atoms with Crippen LogP contribution in [0, 0.1) is 11.8 Å². The molecule has 2 aromatic rings. The van der Waals surface area contributed by atoms with Crippen LogP contribution in [0.1, 0.15) is 90.9 Å². The number of hydrogen-bond acceptors (Lipinski definition) is 4. The molecule has 0 aromatic heterocycles. The smallest absolute Gasteiger partial charge is 0.195 e. The Morgan fingerprint density at radius 3 is 2.03 bits per heavy atom. The normalized spacial score (nSPS) is 15.3. The lowest BCUT2D eigenvalue weighted by Gasteiger charge is -2.40. The largest absolute Gasteiger partial charge is 0.493 e. The maximum absolute atomic E-state index is 14.1. The summed E-state index contributed by atoms with van der Waals surface area (Å²) in [4.78, 5) is 28.2. The van der Waals surface area contributed by atoms with Crippen LogP contribution >= 0.6 is 0 Å². The fourth-order valence-corrected chi connectivity index (χ4v) is 8.32. The lowest BCUT2D eigenvalue weighted by molar-refractivity contribution is 0.0979. The number of ketones is 2. The van der Waals surface area contributed by atoms with E-state index < -0.39 is 16.4 Å². The van der Waals surface area contributed by atoms with Crippen LogP contribution in [0.5, 0.6) is 5.75 Å². The molecule has 0 bridgehead atoms. The van der Waals surface area contributed by atoms with E-state index in [4.69, 9.17) is 9.16 Å². The molecule has 0 fully saturated rings. The molecule has 0 N–H and O–H groups in total. The molecule has 1 heterocycles. The van der Waals surface area contributed by atoms with E-state index in [0.29, 0.717) is 53.9 Å². The van der Waals surface area contributed by atoms with Gasteiger partial charge in [-0.1, -0.05) is 90.7 Å². The zero-order valence-electron chi connectivity index (χ0n) is 24.8. The van der Waals surface area contributed by atoms with Crippen molar-refractivity contribution in [1.82, 2.24) is 0 Å². The molecule has 0 atom stereocenters. The summed E-state index contributed by atoms with van der Waals surface area (Å²) in [6.45, 7) is 23.5. The Bertz CT molecular complexity index is 1380. The average molecular weight is 547 g/mol.